The van der Waals surface area contributed by atoms with Crippen LogP contribution in [0, 0.1) is 0 Å². The van der Waals surface area contributed by atoms with E-state index >= 15 is 0 Å². The topological polar surface area (TPSA) is 119 Å². The Hall–Kier alpha value is -4.45. The number of likely N-dealkylation sites (tertiary alicyclic amines) is 1. The molecule has 5 heterocycles. The Balaban J connectivity index is 1.29. The number of amides is 2. The summed E-state index contributed by atoms with van der Waals surface area (Å²) in [6, 6.07) is 7.60. The van der Waals surface area contributed by atoms with Crippen LogP contribution in [-0.4, -0.2) is 82.6 Å². The first kappa shape index (κ1) is 30.6. The zero-order valence-corrected chi connectivity index (χ0v) is 26.7. The molecule has 2 saturated heterocycles. The van der Waals surface area contributed by atoms with Gasteiger partial charge in [-0.25, -0.2) is 29.4 Å². The number of aromatic nitrogens is 3. The van der Waals surface area contributed by atoms with Crippen molar-refractivity contribution in [3.8, 4) is 16.9 Å². The lowest BCUT2D eigenvalue weighted by Crippen LogP contribution is -2.50. The van der Waals surface area contributed by atoms with Gasteiger partial charge in [0.15, 0.2) is 5.82 Å². The highest BCUT2D eigenvalue weighted by Crippen LogP contribution is 2.44. The number of hydrogen-bond donors (Lipinski definition) is 0. The molecule has 3 aromatic rings. The molecule has 0 radical (unpaired) electrons. The standard InChI is InChI=1S/C33H40N6O6/c1-32(2,3)44-30(40)38-18-23(19-38)28-35-16-22(17-36-28)21-7-8-27-26(15-21)39(31(41)45-33(4,5)6)29-24(20-43-27)25(9-10-34-29)37-11-13-42-14-12-37/h7-10,15-17,23H,11-14,18-20H2,1-6H3. The van der Waals surface area contributed by atoms with Crippen LogP contribution in [0.5, 0.6) is 5.75 Å². The molecule has 6 rings (SSSR count). The number of nitrogens with zero attached hydrogens (tertiary/aromatic N) is 6. The summed E-state index contributed by atoms with van der Waals surface area (Å²) in [5.74, 6) is 1.71. The molecule has 3 aliphatic rings. The Bertz CT molecular complexity index is 1570. The normalized spacial score (nSPS) is 17.0. The maximum atomic E-state index is 13.9. The number of morpholine rings is 1. The fraction of sp³-hybridized carbons (Fsp3) is 0.485. The average Bonchev–Trinajstić information content (AvgIpc) is 3.12. The van der Waals surface area contributed by atoms with Crippen molar-refractivity contribution in [2.75, 3.05) is 49.2 Å². The van der Waals surface area contributed by atoms with Crippen LogP contribution in [-0.2, 0) is 20.8 Å². The van der Waals surface area contributed by atoms with E-state index in [1.807, 2.05) is 65.8 Å². The number of pyridine rings is 1. The second-order valence-electron chi connectivity index (χ2n) is 13.4. The molecule has 238 valence electrons. The minimum atomic E-state index is -0.728. The first-order valence-electron chi connectivity index (χ1n) is 15.3. The summed E-state index contributed by atoms with van der Waals surface area (Å²) in [7, 11) is 0. The number of rotatable bonds is 3. The summed E-state index contributed by atoms with van der Waals surface area (Å²) in [5, 5.41) is 0. The zero-order valence-electron chi connectivity index (χ0n) is 26.7. The van der Waals surface area contributed by atoms with Crippen LogP contribution in [0.1, 0.15) is 58.8 Å². The Labute approximate surface area is 263 Å². The van der Waals surface area contributed by atoms with Gasteiger partial charge in [0.05, 0.1) is 30.4 Å². The van der Waals surface area contributed by atoms with Gasteiger partial charge in [0.25, 0.3) is 0 Å². The Kier molecular flexibility index (Phi) is 8.02. The minimum Gasteiger partial charge on any atom is -0.486 e. The van der Waals surface area contributed by atoms with Crippen LogP contribution < -0.4 is 14.5 Å². The Morgan fingerprint density at radius 2 is 1.51 bits per heavy atom. The van der Waals surface area contributed by atoms with Crippen molar-refractivity contribution < 1.29 is 28.5 Å². The van der Waals surface area contributed by atoms with Gasteiger partial charge in [0.2, 0.25) is 0 Å². The molecule has 3 aliphatic heterocycles. The highest BCUT2D eigenvalue weighted by atomic mass is 16.6. The maximum Gasteiger partial charge on any atom is 0.420 e. The van der Waals surface area contributed by atoms with Gasteiger partial charge in [-0.05, 0) is 65.3 Å². The van der Waals surface area contributed by atoms with Crippen molar-refractivity contribution in [2.45, 2.75) is 65.3 Å². The third-order valence-electron chi connectivity index (χ3n) is 7.62. The molecule has 2 fully saturated rings. The van der Waals surface area contributed by atoms with E-state index in [-0.39, 0.29) is 18.6 Å². The Morgan fingerprint density at radius 1 is 0.844 bits per heavy atom. The number of fused-ring (bicyclic) bond motifs is 2. The SMILES string of the molecule is CC(C)(C)OC(=O)N1CC(c2ncc(-c3ccc4c(c3)N(C(=O)OC(C)(C)C)c3nccc(N5CCOCC5)c3CO4)cn2)C1. The van der Waals surface area contributed by atoms with E-state index in [0.29, 0.717) is 49.4 Å². The molecule has 12 nitrogen and oxygen atoms in total. The van der Waals surface area contributed by atoms with Crippen LogP contribution in [0.25, 0.3) is 11.1 Å². The van der Waals surface area contributed by atoms with E-state index in [1.54, 1.807) is 23.5 Å². The summed E-state index contributed by atoms with van der Waals surface area (Å²) < 4.78 is 23.2. The van der Waals surface area contributed by atoms with Crippen LogP contribution in [0.4, 0.5) is 26.8 Å². The van der Waals surface area contributed by atoms with E-state index in [1.165, 1.54) is 4.90 Å². The van der Waals surface area contributed by atoms with E-state index in [9.17, 15) is 9.59 Å². The molecule has 0 aliphatic carbocycles. The molecule has 45 heavy (non-hydrogen) atoms. The maximum absolute atomic E-state index is 13.9. The van der Waals surface area contributed by atoms with E-state index in [2.05, 4.69) is 19.9 Å². The fourth-order valence-corrected chi connectivity index (χ4v) is 5.47. The summed E-state index contributed by atoms with van der Waals surface area (Å²) in [6.07, 6.45) is 4.36. The minimum absolute atomic E-state index is 0.0397. The molecule has 12 heteroatoms. The predicted molar refractivity (Wildman–Crippen MR) is 168 cm³/mol. The van der Waals surface area contributed by atoms with Gasteiger partial charge in [-0.3, -0.25) is 0 Å². The van der Waals surface area contributed by atoms with Crippen molar-refractivity contribution in [1.29, 1.82) is 0 Å². The first-order chi connectivity index (χ1) is 21.4. The van der Waals surface area contributed by atoms with Gasteiger partial charge in [0, 0.05) is 56.0 Å². The Morgan fingerprint density at radius 3 is 2.18 bits per heavy atom. The second kappa shape index (κ2) is 11.8. The molecule has 0 bridgehead atoms. The molecular weight excluding hydrogens is 576 g/mol. The number of ether oxygens (including phenoxy) is 4. The number of benzene rings is 1. The van der Waals surface area contributed by atoms with Gasteiger partial charge in [-0.2, -0.15) is 0 Å². The molecule has 0 N–H and O–H groups in total. The molecule has 0 atom stereocenters. The molecule has 0 spiro atoms. The lowest BCUT2D eigenvalue weighted by Gasteiger charge is -2.38. The van der Waals surface area contributed by atoms with Crippen LogP contribution in [0.3, 0.4) is 0 Å². The highest BCUT2D eigenvalue weighted by Gasteiger charge is 2.37. The number of carbonyl (C=O) groups excluding carboxylic acids is 2. The predicted octanol–water partition coefficient (Wildman–Crippen LogP) is 5.68. The van der Waals surface area contributed by atoms with E-state index in [0.717, 1.165) is 35.5 Å². The van der Waals surface area contributed by atoms with E-state index < -0.39 is 17.3 Å². The number of carbonyl (C=O) groups is 2. The summed E-state index contributed by atoms with van der Waals surface area (Å²) in [4.78, 5) is 45.5. The molecule has 0 unspecified atom stereocenters. The van der Waals surface area contributed by atoms with E-state index in [4.69, 9.17) is 18.9 Å². The van der Waals surface area contributed by atoms with Crippen molar-refractivity contribution in [2.24, 2.45) is 0 Å². The van der Waals surface area contributed by atoms with Gasteiger partial charge < -0.3 is 28.7 Å². The molecule has 2 amide bonds. The first-order valence-corrected chi connectivity index (χ1v) is 15.3. The van der Waals surface area contributed by atoms with Crippen molar-refractivity contribution >= 4 is 29.4 Å². The largest absolute Gasteiger partial charge is 0.486 e. The van der Waals surface area contributed by atoms with Gasteiger partial charge in [-0.15, -0.1) is 0 Å². The van der Waals surface area contributed by atoms with Gasteiger partial charge in [-0.1, -0.05) is 6.07 Å². The van der Waals surface area contributed by atoms with Crippen molar-refractivity contribution in [3.05, 3.63) is 54.2 Å². The number of hydrogen-bond acceptors (Lipinski definition) is 10. The van der Waals surface area contributed by atoms with Gasteiger partial charge in [0.1, 0.15) is 29.4 Å². The molecule has 0 saturated carbocycles. The lowest BCUT2D eigenvalue weighted by molar-refractivity contribution is 0.00749. The van der Waals surface area contributed by atoms with Crippen LogP contribution >= 0.6 is 0 Å². The molecule has 1 aromatic carbocycles. The third-order valence-corrected chi connectivity index (χ3v) is 7.62. The van der Waals surface area contributed by atoms with Crippen molar-refractivity contribution in [3.63, 3.8) is 0 Å². The van der Waals surface area contributed by atoms with Crippen LogP contribution in [0.2, 0.25) is 0 Å². The fourth-order valence-electron chi connectivity index (χ4n) is 5.47. The molecular formula is C33H40N6O6. The quantitative estimate of drug-likeness (QED) is 0.364. The summed E-state index contributed by atoms with van der Waals surface area (Å²) in [6.45, 7) is 15.0. The molecule has 2 aromatic heterocycles. The van der Waals surface area contributed by atoms with Crippen LogP contribution in [0.15, 0.2) is 42.9 Å². The van der Waals surface area contributed by atoms with Gasteiger partial charge >= 0.3 is 12.2 Å². The zero-order chi connectivity index (χ0) is 31.9. The lowest BCUT2D eigenvalue weighted by atomic mass is 9.99. The van der Waals surface area contributed by atoms with Crippen molar-refractivity contribution in [1.82, 2.24) is 19.9 Å². The average molecular weight is 617 g/mol. The monoisotopic (exact) mass is 616 g/mol. The number of anilines is 3. The second-order valence-corrected chi connectivity index (χ2v) is 13.4. The smallest absolute Gasteiger partial charge is 0.420 e. The summed E-state index contributed by atoms with van der Waals surface area (Å²) in [5.41, 5.74) is 2.58. The third kappa shape index (κ3) is 6.65. The highest BCUT2D eigenvalue weighted by molar-refractivity contribution is 5.99. The summed E-state index contributed by atoms with van der Waals surface area (Å²) >= 11 is 0.